The van der Waals surface area contributed by atoms with Gasteiger partial charge in [-0.05, 0) is 43.0 Å². The Kier molecular flexibility index (Phi) is 5.09. The summed E-state index contributed by atoms with van der Waals surface area (Å²) in [6, 6.07) is 17.3. The molecule has 1 aromatic heterocycles. The molecular weight excluding hydrogens is 342 g/mol. The van der Waals surface area contributed by atoms with Gasteiger partial charge in [-0.1, -0.05) is 53.6 Å². The first kappa shape index (κ1) is 17.3. The fourth-order valence-corrected chi connectivity index (χ4v) is 3.96. The van der Waals surface area contributed by atoms with E-state index in [1.54, 1.807) is 0 Å². The van der Waals surface area contributed by atoms with Crippen LogP contribution >= 0.6 is 11.6 Å². The van der Waals surface area contributed by atoms with Crippen LogP contribution in [0.5, 0.6) is 0 Å². The van der Waals surface area contributed by atoms with Crippen molar-refractivity contribution in [3.8, 4) is 11.1 Å². The lowest BCUT2D eigenvalue weighted by molar-refractivity contribution is 0.173. The number of piperidine rings is 1. The highest BCUT2D eigenvalue weighted by Crippen LogP contribution is 2.26. The van der Waals surface area contributed by atoms with Crippen molar-refractivity contribution in [1.82, 2.24) is 14.7 Å². The summed E-state index contributed by atoms with van der Waals surface area (Å²) in [7, 11) is 0. The van der Waals surface area contributed by atoms with E-state index in [0.29, 0.717) is 6.04 Å². The highest BCUT2D eigenvalue weighted by molar-refractivity contribution is 6.30. The smallest absolute Gasteiger partial charge is 0.0568 e. The number of rotatable bonds is 4. The molecule has 3 aromatic rings. The van der Waals surface area contributed by atoms with Gasteiger partial charge in [0.05, 0.1) is 12.2 Å². The van der Waals surface area contributed by atoms with Crippen LogP contribution in [-0.2, 0) is 6.54 Å². The van der Waals surface area contributed by atoms with Crippen molar-refractivity contribution in [3.63, 3.8) is 0 Å². The van der Waals surface area contributed by atoms with Crippen molar-refractivity contribution in [2.24, 2.45) is 0 Å². The van der Waals surface area contributed by atoms with Gasteiger partial charge < -0.3 is 0 Å². The minimum Gasteiger partial charge on any atom is -0.299 e. The third-order valence-electron chi connectivity index (χ3n) is 5.18. The number of hydrogen-bond donors (Lipinski definition) is 0. The van der Waals surface area contributed by atoms with Crippen LogP contribution in [0, 0.1) is 6.92 Å². The van der Waals surface area contributed by atoms with Crippen molar-refractivity contribution in [2.45, 2.75) is 32.4 Å². The van der Waals surface area contributed by atoms with Gasteiger partial charge in [0.25, 0.3) is 0 Å². The maximum Gasteiger partial charge on any atom is 0.0568 e. The van der Waals surface area contributed by atoms with E-state index in [4.69, 9.17) is 11.6 Å². The molecule has 0 amide bonds. The van der Waals surface area contributed by atoms with Crippen molar-refractivity contribution in [3.05, 3.63) is 77.1 Å². The van der Waals surface area contributed by atoms with Crippen LogP contribution in [-0.4, -0.2) is 27.8 Å². The van der Waals surface area contributed by atoms with Crippen molar-refractivity contribution in [1.29, 1.82) is 0 Å². The zero-order valence-electron chi connectivity index (χ0n) is 15.1. The molecule has 0 bridgehead atoms. The number of aromatic nitrogens is 2. The van der Waals surface area contributed by atoms with Gasteiger partial charge >= 0.3 is 0 Å². The van der Waals surface area contributed by atoms with Gasteiger partial charge in [-0.2, -0.15) is 5.10 Å². The van der Waals surface area contributed by atoms with Gasteiger partial charge in [0.2, 0.25) is 0 Å². The topological polar surface area (TPSA) is 21.1 Å². The predicted molar refractivity (Wildman–Crippen MR) is 107 cm³/mol. The molecule has 2 heterocycles. The zero-order valence-corrected chi connectivity index (χ0v) is 15.9. The van der Waals surface area contributed by atoms with Crippen LogP contribution in [0.1, 0.15) is 30.0 Å². The molecule has 26 heavy (non-hydrogen) atoms. The van der Waals surface area contributed by atoms with Gasteiger partial charge in [0.1, 0.15) is 0 Å². The highest BCUT2D eigenvalue weighted by Gasteiger charge is 2.21. The fraction of sp³-hybridized carbons (Fsp3) is 0.318. The molecule has 4 rings (SSSR count). The molecule has 0 atom stereocenters. The second-order valence-electron chi connectivity index (χ2n) is 7.22. The van der Waals surface area contributed by atoms with Crippen LogP contribution in [0.4, 0.5) is 0 Å². The molecule has 3 nitrogen and oxygen atoms in total. The van der Waals surface area contributed by atoms with Crippen molar-refractivity contribution in [2.75, 3.05) is 13.1 Å². The monoisotopic (exact) mass is 365 g/mol. The SMILES string of the molecule is Cc1cccc(-c2cnn(C3CCN(Cc4cccc(Cl)c4)CC3)c2)c1. The molecule has 1 saturated heterocycles. The second kappa shape index (κ2) is 7.65. The molecule has 134 valence electrons. The van der Waals surface area contributed by atoms with E-state index in [-0.39, 0.29) is 0 Å². The summed E-state index contributed by atoms with van der Waals surface area (Å²) in [6.07, 6.45) is 6.46. The Morgan fingerprint density at radius 2 is 1.85 bits per heavy atom. The third kappa shape index (κ3) is 4.00. The maximum atomic E-state index is 6.10. The number of benzene rings is 2. The molecular formula is C22H24ClN3. The van der Waals surface area contributed by atoms with E-state index >= 15 is 0 Å². The molecule has 0 N–H and O–H groups in total. The van der Waals surface area contributed by atoms with Crippen LogP contribution < -0.4 is 0 Å². The number of halogens is 1. The van der Waals surface area contributed by atoms with Gasteiger partial charge in [-0.25, -0.2) is 0 Å². The molecule has 0 saturated carbocycles. The summed E-state index contributed by atoms with van der Waals surface area (Å²) in [6.45, 7) is 5.29. The number of likely N-dealkylation sites (tertiary alicyclic amines) is 1. The predicted octanol–water partition coefficient (Wildman–Crippen LogP) is 5.35. The zero-order chi connectivity index (χ0) is 17.9. The first-order valence-electron chi connectivity index (χ1n) is 9.25. The van der Waals surface area contributed by atoms with Crippen molar-refractivity contribution >= 4 is 11.6 Å². The van der Waals surface area contributed by atoms with Gasteiger partial charge in [-0.3, -0.25) is 9.58 Å². The molecule has 1 aliphatic heterocycles. The average Bonchev–Trinajstić information content (AvgIpc) is 3.13. The Morgan fingerprint density at radius 1 is 1.04 bits per heavy atom. The second-order valence-corrected chi connectivity index (χ2v) is 7.65. The van der Waals surface area contributed by atoms with E-state index in [9.17, 15) is 0 Å². The highest BCUT2D eigenvalue weighted by atomic mass is 35.5. The normalized spacial score (nSPS) is 16.1. The quantitative estimate of drug-likeness (QED) is 0.621. The molecule has 1 aliphatic rings. The summed E-state index contributed by atoms with van der Waals surface area (Å²) in [5.41, 5.74) is 5.02. The lowest BCUT2D eigenvalue weighted by atomic mass is 10.0. The first-order chi connectivity index (χ1) is 12.7. The van der Waals surface area contributed by atoms with Crippen LogP contribution in [0.15, 0.2) is 60.9 Å². The van der Waals surface area contributed by atoms with Crippen molar-refractivity contribution < 1.29 is 0 Å². The Balaban J connectivity index is 1.38. The van der Waals surface area contributed by atoms with E-state index in [1.807, 2.05) is 18.3 Å². The van der Waals surface area contributed by atoms with Crippen LogP contribution in [0.25, 0.3) is 11.1 Å². The van der Waals surface area contributed by atoms with Gasteiger partial charge in [-0.15, -0.1) is 0 Å². The van der Waals surface area contributed by atoms with Gasteiger partial charge in [0.15, 0.2) is 0 Å². The number of aryl methyl sites for hydroxylation is 1. The molecule has 0 aliphatic carbocycles. The van der Waals surface area contributed by atoms with E-state index in [0.717, 1.165) is 37.5 Å². The Hall–Kier alpha value is -2.10. The molecule has 0 unspecified atom stereocenters. The Labute approximate surface area is 160 Å². The summed E-state index contributed by atoms with van der Waals surface area (Å²) in [5, 5.41) is 5.46. The summed E-state index contributed by atoms with van der Waals surface area (Å²) < 4.78 is 2.16. The van der Waals surface area contributed by atoms with E-state index in [1.165, 1.54) is 22.3 Å². The largest absolute Gasteiger partial charge is 0.299 e. The minimum absolute atomic E-state index is 0.490. The van der Waals surface area contributed by atoms with Gasteiger partial charge in [0, 0.05) is 36.4 Å². The number of nitrogens with zero attached hydrogens (tertiary/aromatic N) is 3. The minimum atomic E-state index is 0.490. The first-order valence-corrected chi connectivity index (χ1v) is 9.63. The third-order valence-corrected chi connectivity index (χ3v) is 5.41. The molecule has 2 aromatic carbocycles. The van der Waals surface area contributed by atoms with Crippen LogP contribution in [0.2, 0.25) is 5.02 Å². The Morgan fingerprint density at radius 3 is 2.62 bits per heavy atom. The van der Waals surface area contributed by atoms with E-state index < -0.39 is 0 Å². The lowest BCUT2D eigenvalue weighted by Crippen LogP contribution is -2.34. The summed E-state index contributed by atoms with van der Waals surface area (Å²) in [4.78, 5) is 2.51. The molecule has 4 heteroatoms. The lowest BCUT2D eigenvalue weighted by Gasteiger charge is -2.32. The molecule has 0 spiro atoms. The summed E-state index contributed by atoms with van der Waals surface area (Å²) in [5.74, 6) is 0. The summed E-state index contributed by atoms with van der Waals surface area (Å²) >= 11 is 6.10. The molecule has 1 fully saturated rings. The van der Waals surface area contributed by atoms with Crippen LogP contribution in [0.3, 0.4) is 0 Å². The standard InChI is InChI=1S/C22H24ClN3/c1-17-4-2-6-19(12-17)20-14-24-26(16-20)22-8-10-25(11-9-22)15-18-5-3-7-21(23)13-18/h2-7,12-14,16,22H,8-11,15H2,1H3. The van der Waals surface area contributed by atoms with E-state index in [2.05, 4.69) is 64.2 Å². The number of hydrogen-bond acceptors (Lipinski definition) is 2. The average molecular weight is 366 g/mol. The Bertz CT molecular complexity index is 878. The fourth-order valence-electron chi connectivity index (χ4n) is 3.75. The maximum absolute atomic E-state index is 6.10. The molecule has 0 radical (unpaired) electrons.